The van der Waals surface area contributed by atoms with Gasteiger partial charge in [-0.3, -0.25) is 23.7 Å². The molecule has 3 rings (SSSR count). The zero-order valence-electron chi connectivity index (χ0n) is 20.5. The lowest BCUT2D eigenvalue weighted by Gasteiger charge is -2.30. The second-order valence-electron chi connectivity index (χ2n) is 9.58. The smallest absolute Gasteiger partial charge is 0.390 e. The molecule has 1 aliphatic rings. The van der Waals surface area contributed by atoms with Crippen LogP contribution >= 0.6 is 11.3 Å². The van der Waals surface area contributed by atoms with Crippen LogP contribution in [0.25, 0.3) is 10.2 Å². The van der Waals surface area contributed by atoms with E-state index in [0.29, 0.717) is 29.9 Å². The van der Waals surface area contributed by atoms with Gasteiger partial charge in [0.05, 0.1) is 31.2 Å². The van der Waals surface area contributed by atoms with E-state index < -0.39 is 41.8 Å². The van der Waals surface area contributed by atoms with Crippen LogP contribution in [-0.2, 0) is 22.6 Å². The van der Waals surface area contributed by atoms with Crippen molar-refractivity contribution >= 4 is 27.5 Å². The molecule has 1 aliphatic carbocycles. The van der Waals surface area contributed by atoms with Crippen molar-refractivity contribution in [2.75, 3.05) is 6.61 Å². The third-order valence-electron chi connectivity index (χ3n) is 5.38. The number of fused-ring (bicyclic) bond motifs is 1. The first-order chi connectivity index (χ1) is 16.2. The predicted octanol–water partition coefficient (Wildman–Crippen LogP) is 4.00. The van der Waals surface area contributed by atoms with E-state index in [1.54, 1.807) is 13.8 Å². The lowest BCUT2D eigenvalue weighted by atomic mass is 10.1. The number of aryl methyl sites for hydroxylation is 2. The van der Waals surface area contributed by atoms with E-state index in [2.05, 4.69) is 5.43 Å². The first kappa shape index (κ1) is 27.0. The lowest BCUT2D eigenvalue weighted by molar-refractivity contribution is -0.136. The topological polar surface area (TPSA) is 85.6 Å². The second kappa shape index (κ2) is 10.2. The summed E-state index contributed by atoms with van der Waals surface area (Å²) >= 11 is 1.06. The van der Waals surface area contributed by atoms with Gasteiger partial charge in [0, 0.05) is 29.1 Å². The fourth-order valence-corrected chi connectivity index (χ4v) is 4.97. The lowest BCUT2D eigenvalue weighted by Crippen LogP contribution is -2.51. The van der Waals surface area contributed by atoms with Crippen LogP contribution in [0.4, 0.5) is 13.2 Å². The molecule has 35 heavy (non-hydrogen) atoms. The average molecular weight is 517 g/mol. The summed E-state index contributed by atoms with van der Waals surface area (Å²) in [5.41, 5.74) is 1.97. The number of hydrogen-bond acceptors (Lipinski definition) is 6. The number of nitrogens with one attached hydrogen (secondary N) is 1. The van der Waals surface area contributed by atoms with Crippen molar-refractivity contribution in [3.63, 3.8) is 0 Å². The molecule has 0 radical (unpaired) electrons. The van der Waals surface area contributed by atoms with Gasteiger partial charge in [-0.2, -0.15) is 13.2 Å². The number of thiophene rings is 1. The molecular weight excluding hydrogens is 485 g/mol. The standard InChI is InChI=1S/C23H31F3N4O4S/c1-6-34-12-9-17(31)29(27-22(3,4)5)13-16-14(2)18-19(32)30(15-7-8-15)21(33)28(20(18)35-16)11-10-23(24,25)26/h9,12,15,27H,6-8,10-11,13H2,1-5H3. The minimum Gasteiger partial charge on any atom is -0.501 e. The zero-order valence-corrected chi connectivity index (χ0v) is 21.3. The third-order valence-corrected chi connectivity index (χ3v) is 6.68. The number of amides is 1. The van der Waals surface area contributed by atoms with E-state index in [1.165, 1.54) is 17.3 Å². The highest BCUT2D eigenvalue weighted by molar-refractivity contribution is 7.18. The summed E-state index contributed by atoms with van der Waals surface area (Å²) < 4.78 is 46.3. The average Bonchev–Trinajstić information content (AvgIpc) is 3.50. The Balaban J connectivity index is 2.10. The largest absolute Gasteiger partial charge is 0.501 e. The van der Waals surface area contributed by atoms with E-state index >= 15 is 0 Å². The molecule has 1 fully saturated rings. The number of hydrogen-bond donors (Lipinski definition) is 1. The number of hydrazine groups is 1. The van der Waals surface area contributed by atoms with E-state index in [9.17, 15) is 27.6 Å². The molecule has 2 aromatic rings. The first-order valence-corrected chi connectivity index (χ1v) is 12.3. The predicted molar refractivity (Wildman–Crippen MR) is 128 cm³/mol. The van der Waals surface area contributed by atoms with Crippen LogP contribution in [0.15, 0.2) is 21.9 Å². The van der Waals surface area contributed by atoms with Gasteiger partial charge in [0.2, 0.25) is 0 Å². The van der Waals surface area contributed by atoms with Gasteiger partial charge in [0.25, 0.3) is 11.5 Å². The number of nitrogens with zero attached hydrogens (tertiary/aromatic N) is 3. The summed E-state index contributed by atoms with van der Waals surface area (Å²) in [6, 6.07) is -0.288. The van der Waals surface area contributed by atoms with E-state index in [-0.39, 0.29) is 22.8 Å². The normalized spacial score (nSPS) is 14.7. The minimum atomic E-state index is -4.45. The molecule has 0 unspecified atom stereocenters. The Bertz CT molecular complexity index is 1230. The molecule has 0 saturated heterocycles. The highest BCUT2D eigenvalue weighted by Gasteiger charge is 2.33. The van der Waals surface area contributed by atoms with Crippen LogP contribution in [0.3, 0.4) is 0 Å². The van der Waals surface area contributed by atoms with Gasteiger partial charge in [-0.15, -0.1) is 11.3 Å². The molecular formula is C23H31F3N4O4S. The Morgan fingerprint density at radius 1 is 1.26 bits per heavy atom. The van der Waals surface area contributed by atoms with Crippen molar-refractivity contribution in [1.29, 1.82) is 0 Å². The molecule has 2 aromatic heterocycles. The fourth-order valence-electron chi connectivity index (χ4n) is 3.67. The van der Waals surface area contributed by atoms with Gasteiger partial charge >= 0.3 is 11.9 Å². The zero-order chi connectivity index (χ0) is 26.1. The van der Waals surface area contributed by atoms with Crippen LogP contribution in [0.5, 0.6) is 0 Å². The van der Waals surface area contributed by atoms with Gasteiger partial charge in [-0.05, 0) is 53.0 Å². The highest BCUT2D eigenvalue weighted by atomic mass is 32.1. The molecule has 1 saturated carbocycles. The van der Waals surface area contributed by atoms with E-state index in [0.717, 1.165) is 20.5 Å². The molecule has 2 heterocycles. The van der Waals surface area contributed by atoms with Gasteiger partial charge in [0.15, 0.2) is 0 Å². The maximum atomic E-state index is 13.3. The monoisotopic (exact) mass is 516 g/mol. The van der Waals surface area contributed by atoms with Crippen LogP contribution in [-0.4, -0.2) is 38.4 Å². The van der Waals surface area contributed by atoms with Gasteiger partial charge in [0.1, 0.15) is 4.83 Å². The molecule has 0 atom stereocenters. The Morgan fingerprint density at radius 2 is 1.91 bits per heavy atom. The summed E-state index contributed by atoms with van der Waals surface area (Å²) in [5.74, 6) is -0.393. The van der Waals surface area contributed by atoms with Crippen molar-refractivity contribution in [3.8, 4) is 0 Å². The number of alkyl halides is 3. The van der Waals surface area contributed by atoms with E-state index in [4.69, 9.17) is 4.74 Å². The SMILES string of the molecule is CCOC=CC(=O)N(Cc1sc2c(c1C)c(=O)n(C1CC1)c(=O)n2CCC(F)(F)F)NC(C)(C)C. The van der Waals surface area contributed by atoms with Crippen molar-refractivity contribution < 1.29 is 22.7 Å². The Hall–Kier alpha value is -2.60. The molecule has 0 spiro atoms. The molecule has 0 bridgehead atoms. The molecule has 12 heteroatoms. The molecule has 0 aromatic carbocycles. The number of aromatic nitrogens is 2. The second-order valence-corrected chi connectivity index (χ2v) is 10.7. The molecule has 8 nitrogen and oxygen atoms in total. The summed E-state index contributed by atoms with van der Waals surface area (Å²) in [5, 5.41) is 1.59. The van der Waals surface area contributed by atoms with Crippen LogP contribution in [0, 0.1) is 6.92 Å². The minimum absolute atomic E-state index is 0.0497. The van der Waals surface area contributed by atoms with Crippen molar-refractivity contribution in [1.82, 2.24) is 19.6 Å². The number of carbonyl (C=O) groups excluding carboxylic acids is 1. The molecule has 1 amide bonds. The summed E-state index contributed by atoms with van der Waals surface area (Å²) in [4.78, 5) is 39.9. The molecule has 194 valence electrons. The first-order valence-electron chi connectivity index (χ1n) is 11.4. The van der Waals surface area contributed by atoms with Gasteiger partial charge < -0.3 is 4.74 Å². The van der Waals surface area contributed by atoms with E-state index in [1.807, 2.05) is 20.8 Å². The summed E-state index contributed by atoms with van der Waals surface area (Å²) in [7, 11) is 0. The van der Waals surface area contributed by atoms with Crippen LogP contribution in [0.2, 0.25) is 0 Å². The maximum absolute atomic E-state index is 13.3. The quantitative estimate of drug-likeness (QED) is 0.309. The number of halogens is 3. The number of carbonyl (C=O) groups is 1. The fraction of sp³-hybridized carbons (Fsp3) is 0.609. The molecule has 0 aliphatic heterocycles. The van der Waals surface area contributed by atoms with Crippen molar-refractivity contribution in [3.05, 3.63) is 43.6 Å². The maximum Gasteiger partial charge on any atom is 0.390 e. The summed E-state index contributed by atoms with van der Waals surface area (Å²) in [6.45, 7) is 8.98. The molecule has 1 N–H and O–H groups in total. The third kappa shape index (κ3) is 6.54. The summed E-state index contributed by atoms with van der Waals surface area (Å²) in [6.07, 6.45) is -1.80. The van der Waals surface area contributed by atoms with Gasteiger partial charge in [-0.1, -0.05) is 0 Å². The van der Waals surface area contributed by atoms with Crippen molar-refractivity contribution in [2.45, 2.75) is 84.7 Å². The van der Waals surface area contributed by atoms with Crippen molar-refractivity contribution in [2.24, 2.45) is 0 Å². The Labute approximate surface area is 204 Å². The van der Waals surface area contributed by atoms with Crippen LogP contribution in [0.1, 0.15) is 63.4 Å². The Morgan fingerprint density at radius 3 is 2.46 bits per heavy atom. The van der Waals surface area contributed by atoms with Gasteiger partial charge in [-0.25, -0.2) is 10.2 Å². The number of ether oxygens (including phenoxy) is 1. The highest BCUT2D eigenvalue weighted by Crippen LogP contribution is 2.35. The number of rotatable bonds is 9. The Kier molecular flexibility index (Phi) is 7.85. The van der Waals surface area contributed by atoms with Crippen LogP contribution < -0.4 is 16.7 Å².